The number of terminal acetylenes is 1. The molecule has 0 aromatic carbocycles. The van der Waals surface area contributed by atoms with Crippen LogP contribution in [0.3, 0.4) is 0 Å². The van der Waals surface area contributed by atoms with E-state index in [1.54, 1.807) is 12.1 Å². The lowest BCUT2D eigenvalue weighted by atomic mass is 10.2. The number of carbonyl (C=O) groups excluding carboxylic acids is 1. The molecule has 1 aliphatic rings. The highest BCUT2D eigenvalue weighted by Gasteiger charge is 2.30. The maximum absolute atomic E-state index is 11.9. The van der Waals surface area contributed by atoms with Crippen LogP contribution in [0.1, 0.15) is 22.5 Å². The third kappa shape index (κ3) is 5.03. The number of carboxylic acid groups (broad SMARTS) is 1. The van der Waals surface area contributed by atoms with Crippen LogP contribution in [0.5, 0.6) is 5.88 Å². The van der Waals surface area contributed by atoms with Gasteiger partial charge in [0, 0.05) is 17.7 Å². The van der Waals surface area contributed by atoms with E-state index in [2.05, 4.69) is 21.2 Å². The molecule has 0 radical (unpaired) electrons. The maximum atomic E-state index is 11.9. The number of aromatic carboxylic acids is 1. The van der Waals surface area contributed by atoms with Crippen LogP contribution in [0.15, 0.2) is 18.3 Å². The third-order valence-electron chi connectivity index (χ3n) is 3.65. The maximum Gasteiger partial charge on any atom is 0.351 e. The van der Waals surface area contributed by atoms with Crippen LogP contribution in [0.4, 0.5) is 5.82 Å². The van der Waals surface area contributed by atoms with Crippen molar-refractivity contribution in [2.75, 3.05) is 25.1 Å². The average Bonchev–Trinajstić information content (AvgIpc) is 3.41. The summed E-state index contributed by atoms with van der Waals surface area (Å²) in [5.41, 5.74) is 0.641. The first-order valence-electron chi connectivity index (χ1n) is 8.24. The van der Waals surface area contributed by atoms with Gasteiger partial charge in [0.15, 0.2) is 4.88 Å². The van der Waals surface area contributed by atoms with Crippen molar-refractivity contribution < 1.29 is 24.2 Å². The molecule has 9 heteroatoms. The summed E-state index contributed by atoms with van der Waals surface area (Å²) in [6.07, 6.45) is 8.40. The summed E-state index contributed by atoms with van der Waals surface area (Å²) in [5.74, 6) is 1.63. The van der Waals surface area contributed by atoms with E-state index in [1.807, 2.05) is 0 Å². The molecule has 3 rings (SSSR count). The standard InChI is InChI=1S/C18H17N3O5S/c1-2-7-25-8-9-26-16-14(18(23)24)27-17(21-16)12-5-6-19-13(10-12)20-15(22)11-3-4-11/h1,5-6,10-11H,3-4,7-9H2,(H,23,24)(H,19,20,22). The van der Waals surface area contributed by atoms with Crippen molar-refractivity contribution in [1.82, 2.24) is 9.97 Å². The van der Waals surface area contributed by atoms with Gasteiger partial charge in [0.05, 0.1) is 6.61 Å². The number of carbonyl (C=O) groups is 2. The van der Waals surface area contributed by atoms with E-state index in [1.165, 1.54) is 6.20 Å². The summed E-state index contributed by atoms with van der Waals surface area (Å²) < 4.78 is 10.5. The number of rotatable bonds is 9. The number of thiazole rings is 1. The van der Waals surface area contributed by atoms with E-state index in [0.717, 1.165) is 24.2 Å². The number of hydrogen-bond donors (Lipinski definition) is 2. The zero-order chi connectivity index (χ0) is 19.2. The molecule has 1 amide bonds. The number of pyridine rings is 1. The van der Waals surface area contributed by atoms with Gasteiger partial charge in [-0.05, 0) is 25.0 Å². The first-order valence-corrected chi connectivity index (χ1v) is 9.05. The highest BCUT2D eigenvalue weighted by Crippen LogP contribution is 2.34. The van der Waals surface area contributed by atoms with Crippen LogP contribution in [0, 0.1) is 18.3 Å². The average molecular weight is 387 g/mol. The fourth-order valence-corrected chi connectivity index (χ4v) is 3.04. The van der Waals surface area contributed by atoms with Crippen molar-refractivity contribution in [3.05, 3.63) is 23.2 Å². The predicted octanol–water partition coefficient (Wildman–Crippen LogP) is 2.28. The Bertz CT molecular complexity index is 885. The van der Waals surface area contributed by atoms with E-state index in [4.69, 9.17) is 15.9 Å². The molecule has 2 heterocycles. The molecule has 2 aromatic rings. The second-order valence-corrected chi connectivity index (χ2v) is 6.76. The molecule has 0 saturated heterocycles. The van der Waals surface area contributed by atoms with Gasteiger partial charge in [0.1, 0.15) is 24.0 Å². The first-order chi connectivity index (χ1) is 13.1. The molecule has 0 atom stereocenters. The Labute approximate surface area is 159 Å². The Hall–Kier alpha value is -2.96. The smallest absolute Gasteiger partial charge is 0.351 e. The third-order valence-corrected chi connectivity index (χ3v) is 4.72. The van der Waals surface area contributed by atoms with E-state index < -0.39 is 5.97 Å². The molecule has 0 bridgehead atoms. The van der Waals surface area contributed by atoms with Crippen molar-refractivity contribution in [2.24, 2.45) is 5.92 Å². The van der Waals surface area contributed by atoms with Crippen molar-refractivity contribution in [3.8, 4) is 28.8 Å². The molecule has 0 unspecified atom stereocenters. The lowest BCUT2D eigenvalue weighted by Gasteiger charge is -2.04. The lowest BCUT2D eigenvalue weighted by molar-refractivity contribution is -0.117. The van der Waals surface area contributed by atoms with Crippen molar-refractivity contribution in [2.45, 2.75) is 12.8 Å². The van der Waals surface area contributed by atoms with Gasteiger partial charge in [0.2, 0.25) is 11.8 Å². The van der Waals surface area contributed by atoms with Crippen LogP contribution in [0.2, 0.25) is 0 Å². The zero-order valence-electron chi connectivity index (χ0n) is 14.3. The number of carboxylic acids is 1. The van der Waals surface area contributed by atoms with Crippen LogP contribution >= 0.6 is 11.3 Å². The predicted molar refractivity (Wildman–Crippen MR) is 98.8 cm³/mol. The summed E-state index contributed by atoms with van der Waals surface area (Å²) in [6, 6.07) is 3.35. The molecule has 2 aromatic heterocycles. The van der Waals surface area contributed by atoms with Crippen molar-refractivity contribution >= 4 is 29.0 Å². The summed E-state index contributed by atoms with van der Waals surface area (Å²) in [6.45, 7) is 0.511. The normalized spacial score (nSPS) is 13.0. The minimum atomic E-state index is -1.13. The van der Waals surface area contributed by atoms with Gasteiger partial charge in [-0.25, -0.2) is 14.8 Å². The highest BCUT2D eigenvalue weighted by molar-refractivity contribution is 7.17. The second kappa shape index (κ2) is 8.62. The fourth-order valence-electron chi connectivity index (χ4n) is 2.20. The monoisotopic (exact) mass is 387 g/mol. The molecule has 0 spiro atoms. The van der Waals surface area contributed by atoms with Gasteiger partial charge in [-0.2, -0.15) is 0 Å². The number of amides is 1. The van der Waals surface area contributed by atoms with E-state index >= 15 is 0 Å². The molecule has 8 nitrogen and oxygen atoms in total. The van der Waals surface area contributed by atoms with Gasteiger partial charge in [-0.3, -0.25) is 4.79 Å². The number of nitrogens with zero attached hydrogens (tertiary/aromatic N) is 2. The van der Waals surface area contributed by atoms with Gasteiger partial charge >= 0.3 is 5.97 Å². The largest absolute Gasteiger partial charge is 0.477 e. The quantitative estimate of drug-likeness (QED) is 0.502. The van der Waals surface area contributed by atoms with Crippen LogP contribution in [-0.2, 0) is 9.53 Å². The van der Waals surface area contributed by atoms with Crippen molar-refractivity contribution in [1.29, 1.82) is 0 Å². The minimum absolute atomic E-state index is 0.0117. The number of aromatic nitrogens is 2. The number of nitrogens with one attached hydrogen (secondary N) is 1. The molecule has 1 aliphatic carbocycles. The Morgan fingerprint density at radius 2 is 2.22 bits per heavy atom. The molecule has 2 N–H and O–H groups in total. The Kier molecular flexibility index (Phi) is 6.01. The summed E-state index contributed by atoms with van der Waals surface area (Å²) in [4.78, 5) is 31.7. The Morgan fingerprint density at radius 3 is 2.93 bits per heavy atom. The van der Waals surface area contributed by atoms with E-state index in [-0.39, 0.29) is 42.4 Å². The highest BCUT2D eigenvalue weighted by atomic mass is 32.1. The first kappa shape index (κ1) is 18.8. The minimum Gasteiger partial charge on any atom is -0.477 e. The Morgan fingerprint density at radius 1 is 1.41 bits per heavy atom. The van der Waals surface area contributed by atoms with Gasteiger partial charge < -0.3 is 19.9 Å². The second-order valence-electron chi connectivity index (χ2n) is 5.76. The molecule has 140 valence electrons. The number of hydrogen-bond acceptors (Lipinski definition) is 7. The van der Waals surface area contributed by atoms with Gasteiger partial charge in [-0.1, -0.05) is 5.92 Å². The summed E-state index contributed by atoms with van der Waals surface area (Å²) in [7, 11) is 0. The van der Waals surface area contributed by atoms with Gasteiger partial charge in [-0.15, -0.1) is 17.8 Å². The number of ether oxygens (including phenoxy) is 2. The van der Waals surface area contributed by atoms with Gasteiger partial charge in [0.25, 0.3) is 0 Å². The van der Waals surface area contributed by atoms with Crippen LogP contribution in [-0.4, -0.2) is 46.8 Å². The summed E-state index contributed by atoms with van der Waals surface area (Å²) >= 11 is 0.986. The fraction of sp³-hybridized carbons (Fsp3) is 0.333. The Balaban J connectivity index is 1.73. The van der Waals surface area contributed by atoms with Crippen LogP contribution < -0.4 is 10.1 Å². The molecule has 0 aliphatic heterocycles. The molecular weight excluding hydrogens is 370 g/mol. The van der Waals surface area contributed by atoms with E-state index in [0.29, 0.717) is 16.4 Å². The molecule has 1 fully saturated rings. The number of anilines is 1. The van der Waals surface area contributed by atoms with Crippen LogP contribution in [0.25, 0.3) is 10.6 Å². The SMILES string of the molecule is C#CCOCCOc1nc(-c2ccnc(NC(=O)C3CC3)c2)sc1C(=O)O. The molecule has 27 heavy (non-hydrogen) atoms. The van der Waals surface area contributed by atoms with Crippen molar-refractivity contribution in [3.63, 3.8) is 0 Å². The topological polar surface area (TPSA) is 111 Å². The lowest BCUT2D eigenvalue weighted by Crippen LogP contribution is -2.14. The van der Waals surface area contributed by atoms with E-state index in [9.17, 15) is 14.7 Å². The molecule has 1 saturated carbocycles. The molecular formula is C18H17N3O5S. The zero-order valence-corrected chi connectivity index (χ0v) is 15.1. The summed E-state index contributed by atoms with van der Waals surface area (Å²) in [5, 5.41) is 12.6.